The number of hydrogen-bond donors (Lipinski definition) is 1. The number of hydrogen-bond acceptors (Lipinski definition) is 2. The maximum absolute atomic E-state index is 10.2. The first-order valence-electron chi connectivity index (χ1n) is 5.99. The van der Waals surface area contributed by atoms with Gasteiger partial charge < -0.3 is 5.11 Å². The Kier molecular flexibility index (Phi) is 5.20. The van der Waals surface area contributed by atoms with Gasteiger partial charge in [0.2, 0.25) is 0 Å². The Morgan fingerprint density at radius 2 is 1.76 bits per heavy atom. The van der Waals surface area contributed by atoms with Crippen LogP contribution in [0.4, 0.5) is 5.69 Å². The molecule has 0 amide bonds. The average molecular weight is 408 g/mol. The van der Waals surface area contributed by atoms with E-state index >= 15 is 0 Å². The van der Waals surface area contributed by atoms with Gasteiger partial charge in [-0.15, -0.1) is 0 Å². The summed E-state index contributed by atoms with van der Waals surface area (Å²) in [5.74, 6) is 0.0938. The van der Waals surface area contributed by atoms with Gasteiger partial charge in [0.05, 0.1) is 20.2 Å². The molecule has 21 heavy (non-hydrogen) atoms. The molecule has 110 valence electrons. The summed E-state index contributed by atoms with van der Waals surface area (Å²) in [7, 11) is 0. The first-order valence-corrected chi connectivity index (χ1v) is 7.92. The largest absolute Gasteiger partial charge is 0.506 e. The Labute approximate surface area is 146 Å². The van der Waals surface area contributed by atoms with Gasteiger partial charge in [-0.1, -0.05) is 40.9 Å². The van der Waals surface area contributed by atoms with Gasteiger partial charge in [-0.3, -0.25) is 4.99 Å². The molecule has 2 rings (SSSR count). The number of nitrogens with zero attached hydrogens (tertiary/aromatic N) is 1. The summed E-state index contributed by atoms with van der Waals surface area (Å²) in [6.07, 6.45) is 1.53. The second kappa shape index (κ2) is 6.57. The lowest BCUT2D eigenvalue weighted by Crippen LogP contribution is -1.94. The molecule has 0 unspecified atom stereocenters. The van der Waals surface area contributed by atoms with Crippen molar-refractivity contribution in [1.29, 1.82) is 0 Å². The fraction of sp³-hybridized carbons (Fsp3) is 0.133. The second-order valence-electron chi connectivity index (χ2n) is 4.47. The van der Waals surface area contributed by atoms with Gasteiger partial charge in [0.1, 0.15) is 5.75 Å². The van der Waals surface area contributed by atoms with Crippen LogP contribution in [0.1, 0.15) is 16.7 Å². The molecule has 0 radical (unpaired) electrons. The lowest BCUT2D eigenvalue weighted by Gasteiger charge is -2.12. The van der Waals surface area contributed by atoms with Crippen LogP contribution in [0, 0.1) is 13.8 Å². The van der Waals surface area contributed by atoms with Gasteiger partial charge in [-0.05, 0) is 53.0 Å². The molecule has 0 aromatic heterocycles. The van der Waals surface area contributed by atoms with Crippen molar-refractivity contribution in [3.63, 3.8) is 0 Å². The normalized spacial score (nSPS) is 11.3. The maximum atomic E-state index is 10.2. The van der Waals surface area contributed by atoms with E-state index in [0.717, 1.165) is 11.1 Å². The Morgan fingerprint density at radius 1 is 1.10 bits per heavy atom. The van der Waals surface area contributed by atoms with E-state index in [1.807, 2.05) is 13.8 Å². The van der Waals surface area contributed by atoms with E-state index in [4.69, 9.17) is 34.8 Å². The maximum Gasteiger partial charge on any atom is 0.139 e. The highest BCUT2D eigenvalue weighted by Crippen LogP contribution is 2.39. The third-order valence-corrected chi connectivity index (χ3v) is 5.46. The summed E-state index contributed by atoms with van der Waals surface area (Å²) in [6.45, 7) is 3.65. The quantitative estimate of drug-likeness (QED) is 0.568. The Morgan fingerprint density at radius 3 is 2.43 bits per heavy atom. The molecule has 6 heteroatoms. The molecule has 2 nitrogen and oxygen atoms in total. The summed E-state index contributed by atoms with van der Waals surface area (Å²) in [5.41, 5.74) is 2.59. The van der Waals surface area contributed by atoms with Crippen LogP contribution >= 0.6 is 50.7 Å². The number of phenolic OH excluding ortho intramolecular Hbond substituents is 1. The monoisotopic (exact) mass is 405 g/mol. The first kappa shape index (κ1) is 16.6. The Hall–Kier alpha value is -0.740. The highest BCUT2D eigenvalue weighted by Gasteiger charge is 2.15. The van der Waals surface area contributed by atoms with E-state index in [1.165, 1.54) is 6.21 Å². The van der Waals surface area contributed by atoms with Crippen LogP contribution in [0.15, 0.2) is 27.7 Å². The smallest absolute Gasteiger partial charge is 0.139 e. The zero-order valence-corrected chi connectivity index (χ0v) is 15.1. The minimum Gasteiger partial charge on any atom is -0.506 e. The second-order valence-corrected chi connectivity index (χ2v) is 6.43. The van der Waals surface area contributed by atoms with Crippen LogP contribution in [0.3, 0.4) is 0 Å². The summed E-state index contributed by atoms with van der Waals surface area (Å²) < 4.78 is 0.553. The van der Waals surface area contributed by atoms with E-state index in [1.54, 1.807) is 18.2 Å². The predicted octanol–water partition coefficient (Wildman–Crippen LogP) is 6.48. The molecule has 0 heterocycles. The molecule has 0 saturated carbocycles. The molecule has 0 spiro atoms. The van der Waals surface area contributed by atoms with E-state index in [2.05, 4.69) is 20.9 Å². The van der Waals surface area contributed by atoms with Crippen molar-refractivity contribution in [2.75, 3.05) is 0 Å². The molecule has 0 aliphatic carbocycles. The summed E-state index contributed by atoms with van der Waals surface area (Å²) in [4.78, 5) is 4.29. The number of rotatable bonds is 2. The highest BCUT2D eigenvalue weighted by atomic mass is 79.9. The van der Waals surface area contributed by atoms with E-state index in [0.29, 0.717) is 30.8 Å². The molecular weight excluding hydrogens is 396 g/mol. The molecule has 1 N–H and O–H groups in total. The van der Waals surface area contributed by atoms with E-state index in [9.17, 15) is 5.11 Å². The Balaban J connectivity index is 2.54. The molecule has 2 aromatic carbocycles. The number of benzene rings is 2. The molecule has 0 saturated heterocycles. The summed E-state index contributed by atoms with van der Waals surface area (Å²) in [5, 5.41) is 11.6. The fourth-order valence-electron chi connectivity index (χ4n) is 1.85. The number of phenols is 1. The van der Waals surface area contributed by atoms with E-state index < -0.39 is 0 Å². The molecule has 0 bridgehead atoms. The molecule has 0 aliphatic heterocycles. The lowest BCUT2D eigenvalue weighted by molar-refractivity contribution is 0.470. The molecule has 0 aliphatic rings. The summed E-state index contributed by atoms with van der Waals surface area (Å²) in [6, 6.07) is 5.18. The number of halogens is 4. The standard InChI is InChI=1S/C15H11BrCl3NO/c1-7-9(15(21)12(16)8(2)13(7)18)6-20-11-5-3-4-10(17)14(11)19/h3-6,21H,1-2H3. The lowest BCUT2D eigenvalue weighted by atomic mass is 10.0. The van der Waals surface area contributed by atoms with Gasteiger partial charge in [0, 0.05) is 16.8 Å². The van der Waals surface area contributed by atoms with Crippen molar-refractivity contribution < 1.29 is 5.11 Å². The van der Waals surface area contributed by atoms with Gasteiger partial charge in [0.25, 0.3) is 0 Å². The van der Waals surface area contributed by atoms with Crippen molar-refractivity contribution in [2.45, 2.75) is 13.8 Å². The van der Waals surface area contributed by atoms with Crippen LogP contribution in [0.5, 0.6) is 5.75 Å². The van der Waals surface area contributed by atoms with Crippen LogP contribution in [-0.4, -0.2) is 11.3 Å². The van der Waals surface area contributed by atoms with Crippen molar-refractivity contribution in [2.24, 2.45) is 4.99 Å². The Bertz CT molecular complexity index is 715. The summed E-state index contributed by atoms with van der Waals surface area (Å²) >= 11 is 21.6. The van der Waals surface area contributed by atoms with Gasteiger partial charge in [0.15, 0.2) is 0 Å². The van der Waals surface area contributed by atoms with Crippen LogP contribution in [0.25, 0.3) is 0 Å². The third kappa shape index (κ3) is 3.21. The topological polar surface area (TPSA) is 32.6 Å². The van der Waals surface area contributed by atoms with Crippen LogP contribution in [-0.2, 0) is 0 Å². The highest BCUT2D eigenvalue weighted by molar-refractivity contribution is 9.10. The van der Waals surface area contributed by atoms with Gasteiger partial charge in [-0.25, -0.2) is 0 Å². The predicted molar refractivity (Wildman–Crippen MR) is 94.0 cm³/mol. The third-order valence-electron chi connectivity index (χ3n) is 3.12. The molecule has 0 fully saturated rings. The van der Waals surface area contributed by atoms with Crippen molar-refractivity contribution in [3.8, 4) is 5.75 Å². The zero-order chi connectivity index (χ0) is 15.7. The van der Waals surface area contributed by atoms with Crippen molar-refractivity contribution in [1.82, 2.24) is 0 Å². The van der Waals surface area contributed by atoms with Gasteiger partial charge >= 0.3 is 0 Å². The molecule has 2 aromatic rings. The molecule has 0 atom stereocenters. The van der Waals surface area contributed by atoms with Crippen LogP contribution < -0.4 is 0 Å². The SMILES string of the molecule is Cc1c(Cl)c(C)c(C=Nc2cccc(Cl)c2Cl)c(O)c1Br. The van der Waals surface area contributed by atoms with E-state index in [-0.39, 0.29) is 5.75 Å². The fourth-order valence-corrected chi connectivity index (χ4v) is 2.92. The molecular formula is C15H11BrCl3NO. The zero-order valence-electron chi connectivity index (χ0n) is 11.2. The van der Waals surface area contributed by atoms with Crippen molar-refractivity contribution in [3.05, 3.63) is 54.4 Å². The van der Waals surface area contributed by atoms with Gasteiger partial charge in [-0.2, -0.15) is 0 Å². The number of aliphatic imine (C=N–C) groups is 1. The minimum atomic E-state index is 0.0938. The minimum absolute atomic E-state index is 0.0938. The van der Waals surface area contributed by atoms with Crippen LogP contribution in [0.2, 0.25) is 15.1 Å². The first-order chi connectivity index (χ1) is 9.84. The average Bonchev–Trinajstić information content (AvgIpc) is 2.47. The number of aromatic hydroxyl groups is 1. The van der Waals surface area contributed by atoms with Crippen molar-refractivity contribution >= 4 is 62.6 Å².